The average Bonchev–Trinajstić information content (AvgIpc) is 2.55. The van der Waals surface area contributed by atoms with Crippen molar-refractivity contribution in [1.82, 2.24) is 0 Å². The molecule has 0 fully saturated rings. The smallest absolute Gasteiger partial charge is 0.0126 e. The van der Waals surface area contributed by atoms with Crippen LogP contribution < -0.4 is 0 Å². The molecule has 0 bridgehead atoms. The van der Waals surface area contributed by atoms with Crippen LogP contribution in [0.2, 0.25) is 0 Å². The van der Waals surface area contributed by atoms with E-state index in [0.29, 0.717) is 5.92 Å². The summed E-state index contributed by atoms with van der Waals surface area (Å²) in [7, 11) is 0. The molecule has 2 rings (SSSR count). The third-order valence-electron chi connectivity index (χ3n) is 4.77. The Kier molecular flexibility index (Phi) is 6.85. The number of aryl methyl sites for hydroxylation is 1. The summed E-state index contributed by atoms with van der Waals surface area (Å²) in [6.07, 6.45) is 13.0. The molecule has 0 saturated heterocycles. The van der Waals surface area contributed by atoms with Crippen molar-refractivity contribution in [3.63, 3.8) is 0 Å². The first-order valence-electron chi connectivity index (χ1n) is 9.27. The van der Waals surface area contributed by atoms with Gasteiger partial charge in [-0.3, -0.25) is 0 Å². The van der Waals surface area contributed by atoms with E-state index in [1.165, 1.54) is 46.3 Å². The van der Waals surface area contributed by atoms with Gasteiger partial charge < -0.3 is 0 Å². The SMILES string of the molecule is C=C(C)CCCC/C(C)=C(/C1=CCC(C)C=C1)c1ccc(C)cc1. The zero-order chi connectivity index (χ0) is 17.5. The highest BCUT2D eigenvalue weighted by atomic mass is 14.2. The zero-order valence-electron chi connectivity index (χ0n) is 15.9. The van der Waals surface area contributed by atoms with E-state index in [9.17, 15) is 0 Å². The van der Waals surface area contributed by atoms with Gasteiger partial charge in [0.25, 0.3) is 0 Å². The van der Waals surface area contributed by atoms with Crippen molar-refractivity contribution in [3.05, 3.63) is 76.9 Å². The van der Waals surface area contributed by atoms with Crippen LogP contribution in [0.1, 0.15) is 64.0 Å². The van der Waals surface area contributed by atoms with Crippen molar-refractivity contribution in [2.75, 3.05) is 0 Å². The normalized spacial score (nSPS) is 18.2. The Morgan fingerprint density at radius 3 is 2.33 bits per heavy atom. The standard InChI is InChI=1S/C24H32/c1-18(2)8-6-7-9-21(5)24(22-14-10-19(3)11-15-22)23-16-12-20(4)13-17-23/h10-12,14-17,20H,1,6-9,13H2,2-5H3/b24-21+. The van der Waals surface area contributed by atoms with Gasteiger partial charge in [-0.05, 0) is 75.5 Å². The van der Waals surface area contributed by atoms with E-state index in [1.807, 2.05) is 0 Å². The van der Waals surface area contributed by atoms with E-state index >= 15 is 0 Å². The van der Waals surface area contributed by atoms with Gasteiger partial charge in [0.05, 0.1) is 0 Å². The molecule has 0 nitrogen and oxygen atoms in total. The molecule has 0 radical (unpaired) electrons. The maximum absolute atomic E-state index is 4.01. The maximum Gasteiger partial charge on any atom is -0.0126 e. The fourth-order valence-electron chi connectivity index (χ4n) is 3.23. The second-order valence-corrected chi connectivity index (χ2v) is 7.42. The highest BCUT2D eigenvalue weighted by Gasteiger charge is 2.13. The van der Waals surface area contributed by atoms with Crippen LogP contribution >= 0.6 is 0 Å². The minimum absolute atomic E-state index is 0.656. The summed E-state index contributed by atoms with van der Waals surface area (Å²) in [5, 5.41) is 0. The monoisotopic (exact) mass is 320 g/mol. The number of benzene rings is 1. The Balaban J connectivity index is 2.24. The van der Waals surface area contributed by atoms with Crippen LogP contribution in [0.25, 0.3) is 5.57 Å². The molecule has 128 valence electrons. The summed E-state index contributed by atoms with van der Waals surface area (Å²) in [6.45, 7) is 12.9. The maximum atomic E-state index is 4.01. The molecular formula is C24H32. The molecule has 0 aliphatic heterocycles. The molecule has 1 unspecified atom stereocenters. The lowest BCUT2D eigenvalue weighted by Crippen LogP contribution is -1.99. The van der Waals surface area contributed by atoms with Crippen molar-refractivity contribution in [3.8, 4) is 0 Å². The first-order valence-corrected chi connectivity index (χ1v) is 9.27. The van der Waals surface area contributed by atoms with Gasteiger partial charge in [-0.15, -0.1) is 6.58 Å². The fourth-order valence-corrected chi connectivity index (χ4v) is 3.23. The summed E-state index contributed by atoms with van der Waals surface area (Å²) in [6, 6.07) is 8.99. The molecule has 0 amide bonds. The predicted molar refractivity (Wildman–Crippen MR) is 108 cm³/mol. The second-order valence-electron chi connectivity index (χ2n) is 7.42. The molecular weight excluding hydrogens is 288 g/mol. The van der Waals surface area contributed by atoms with E-state index in [2.05, 4.69) is 76.8 Å². The van der Waals surface area contributed by atoms with Crippen LogP contribution in [0.5, 0.6) is 0 Å². The second kappa shape index (κ2) is 8.87. The van der Waals surface area contributed by atoms with Crippen molar-refractivity contribution < 1.29 is 0 Å². The Labute approximate surface area is 148 Å². The lowest BCUT2D eigenvalue weighted by molar-refractivity contribution is 0.725. The molecule has 0 aromatic heterocycles. The van der Waals surface area contributed by atoms with Gasteiger partial charge in [-0.1, -0.05) is 66.1 Å². The topological polar surface area (TPSA) is 0 Å². The third-order valence-corrected chi connectivity index (χ3v) is 4.77. The van der Waals surface area contributed by atoms with Crippen LogP contribution in [0.3, 0.4) is 0 Å². The molecule has 1 aliphatic rings. The summed E-state index contributed by atoms with van der Waals surface area (Å²) in [5.41, 5.74) is 8.30. The summed E-state index contributed by atoms with van der Waals surface area (Å²) >= 11 is 0. The predicted octanol–water partition coefficient (Wildman–Crippen LogP) is 7.43. The molecule has 1 atom stereocenters. The van der Waals surface area contributed by atoms with Crippen molar-refractivity contribution in [2.24, 2.45) is 5.92 Å². The summed E-state index contributed by atoms with van der Waals surface area (Å²) in [5.74, 6) is 0.656. The van der Waals surface area contributed by atoms with Crippen molar-refractivity contribution >= 4 is 5.57 Å². The number of hydrogen-bond donors (Lipinski definition) is 0. The van der Waals surface area contributed by atoms with Gasteiger partial charge in [0.15, 0.2) is 0 Å². The molecule has 0 N–H and O–H groups in total. The zero-order valence-corrected chi connectivity index (χ0v) is 15.9. The fraction of sp³-hybridized carbons (Fsp3) is 0.417. The van der Waals surface area contributed by atoms with Gasteiger partial charge >= 0.3 is 0 Å². The lowest BCUT2D eigenvalue weighted by atomic mass is 9.86. The number of allylic oxidation sites excluding steroid dienone is 7. The quantitative estimate of drug-likeness (QED) is 0.362. The summed E-state index contributed by atoms with van der Waals surface area (Å²) < 4.78 is 0. The Hall–Kier alpha value is -1.82. The largest absolute Gasteiger partial charge is 0.100 e. The van der Waals surface area contributed by atoms with E-state index < -0.39 is 0 Å². The van der Waals surface area contributed by atoms with Crippen LogP contribution in [-0.4, -0.2) is 0 Å². The molecule has 0 saturated carbocycles. The van der Waals surface area contributed by atoms with E-state index in [1.54, 1.807) is 0 Å². The lowest BCUT2D eigenvalue weighted by Gasteiger charge is -2.19. The number of rotatable bonds is 7. The van der Waals surface area contributed by atoms with Crippen LogP contribution in [0, 0.1) is 12.8 Å². The van der Waals surface area contributed by atoms with Gasteiger partial charge in [0.2, 0.25) is 0 Å². The Bertz CT molecular complexity index is 650. The van der Waals surface area contributed by atoms with Gasteiger partial charge in [-0.25, -0.2) is 0 Å². The molecule has 1 aliphatic carbocycles. The molecule has 0 heterocycles. The van der Waals surface area contributed by atoms with Crippen LogP contribution in [0.4, 0.5) is 0 Å². The third kappa shape index (κ3) is 5.37. The Morgan fingerprint density at radius 2 is 1.75 bits per heavy atom. The molecule has 1 aromatic carbocycles. The minimum atomic E-state index is 0.656. The minimum Gasteiger partial charge on any atom is -0.100 e. The number of unbranched alkanes of at least 4 members (excludes halogenated alkanes) is 1. The van der Waals surface area contributed by atoms with Crippen molar-refractivity contribution in [2.45, 2.75) is 59.8 Å². The van der Waals surface area contributed by atoms with E-state index in [0.717, 1.165) is 19.3 Å². The molecule has 0 heteroatoms. The summed E-state index contributed by atoms with van der Waals surface area (Å²) in [4.78, 5) is 0. The van der Waals surface area contributed by atoms with E-state index in [4.69, 9.17) is 0 Å². The van der Waals surface area contributed by atoms with E-state index in [-0.39, 0.29) is 0 Å². The van der Waals surface area contributed by atoms with Crippen molar-refractivity contribution in [1.29, 1.82) is 0 Å². The van der Waals surface area contributed by atoms with Gasteiger partial charge in [0, 0.05) is 0 Å². The van der Waals surface area contributed by atoms with Crippen LogP contribution in [0.15, 0.2) is 65.8 Å². The first-order chi connectivity index (χ1) is 11.5. The molecule has 24 heavy (non-hydrogen) atoms. The Morgan fingerprint density at radius 1 is 1.08 bits per heavy atom. The molecule has 0 spiro atoms. The first kappa shape index (κ1) is 18.5. The van der Waals surface area contributed by atoms with Gasteiger partial charge in [0.1, 0.15) is 0 Å². The van der Waals surface area contributed by atoms with Crippen LogP contribution in [-0.2, 0) is 0 Å². The highest BCUT2D eigenvalue weighted by molar-refractivity contribution is 5.84. The average molecular weight is 321 g/mol. The number of hydrogen-bond acceptors (Lipinski definition) is 0. The highest BCUT2D eigenvalue weighted by Crippen LogP contribution is 2.33. The van der Waals surface area contributed by atoms with Gasteiger partial charge in [-0.2, -0.15) is 0 Å². The molecule has 1 aromatic rings.